The first-order chi connectivity index (χ1) is 6.54. The van der Waals surface area contributed by atoms with E-state index in [9.17, 15) is 9.90 Å². The van der Waals surface area contributed by atoms with Gasteiger partial charge in [0.1, 0.15) is 0 Å². The Morgan fingerprint density at radius 2 is 2.29 bits per heavy atom. The van der Waals surface area contributed by atoms with E-state index in [1.54, 1.807) is 6.92 Å². The fourth-order valence-electron chi connectivity index (χ4n) is 2.07. The maximum Gasteiger partial charge on any atom is 0.237 e. The van der Waals surface area contributed by atoms with Crippen LogP contribution in [0.25, 0.3) is 0 Å². The largest absolute Gasteiger partial charge is 0.392 e. The van der Waals surface area contributed by atoms with Crippen molar-refractivity contribution >= 4 is 5.91 Å². The third kappa shape index (κ3) is 2.69. The molecule has 82 valence electrons. The number of β-amino-alcohol motifs (C(OH)–C–C–N with tert-alkyl or cyclic N) is 1. The van der Waals surface area contributed by atoms with Crippen molar-refractivity contribution in [3.63, 3.8) is 0 Å². The van der Waals surface area contributed by atoms with Gasteiger partial charge in [-0.3, -0.25) is 9.69 Å². The van der Waals surface area contributed by atoms with E-state index >= 15 is 0 Å². The van der Waals surface area contributed by atoms with Gasteiger partial charge in [-0.05, 0) is 20.8 Å². The van der Waals surface area contributed by atoms with Crippen molar-refractivity contribution in [2.75, 3.05) is 26.2 Å². The van der Waals surface area contributed by atoms with E-state index < -0.39 is 0 Å². The quantitative estimate of drug-likeness (QED) is 0.693. The number of nitrogens with zero attached hydrogens (tertiary/aromatic N) is 2. The second-order valence-electron chi connectivity index (χ2n) is 4.07. The summed E-state index contributed by atoms with van der Waals surface area (Å²) in [7, 11) is 0. The number of carbonyl (C=O) groups is 1. The monoisotopic (exact) mass is 200 g/mol. The molecule has 2 atom stereocenters. The predicted octanol–water partition coefficient (Wildman–Crippen LogP) is -0.0802. The van der Waals surface area contributed by atoms with E-state index in [0.29, 0.717) is 13.1 Å². The third-order valence-corrected chi connectivity index (χ3v) is 2.60. The van der Waals surface area contributed by atoms with E-state index in [1.165, 1.54) is 0 Å². The lowest BCUT2D eigenvalue weighted by Crippen LogP contribution is -2.56. The lowest BCUT2D eigenvalue weighted by molar-refractivity contribution is -0.139. The summed E-state index contributed by atoms with van der Waals surface area (Å²) >= 11 is 0. The summed E-state index contributed by atoms with van der Waals surface area (Å²) in [5, 5.41) is 9.23. The van der Waals surface area contributed by atoms with E-state index in [2.05, 4.69) is 6.92 Å². The number of hydrogen-bond acceptors (Lipinski definition) is 3. The standard InChI is InChI=1S/C10H20N2O2/c1-4-12-8(2)5-11(6-9(3)13)7-10(12)14/h8-9,13H,4-7H2,1-3H3. The molecule has 4 heteroatoms. The first-order valence-corrected chi connectivity index (χ1v) is 5.24. The van der Waals surface area contributed by atoms with Crippen LogP contribution >= 0.6 is 0 Å². The van der Waals surface area contributed by atoms with Crippen LogP contribution in [0.4, 0.5) is 0 Å². The molecule has 0 aromatic carbocycles. The molecule has 1 saturated heterocycles. The van der Waals surface area contributed by atoms with E-state index in [-0.39, 0.29) is 18.1 Å². The molecule has 1 aliphatic rings. The zero-order valence-corrected chi connectivity index (χ0v) is 9.23. The van der Waals surface area contributed by atoms with Gasteiger partial charge in [0.25, 0.3) is 0 Å². The molecule has 0 saturated carbocycles. The van der Waals surface area contributed by atoms with Crippen LogP contribution in [0.2, 0.25) is 0 Å². The lowest BCUT2D eigenvalue weighted by Gasteiger charge is -2.39. The maximum absolute atomic E-state index is 11.6. The number of aliphatic hydroxyl groups is 1. The minimum atomic E-state index is -0.358. The molecule has 0 aliphatic carbocycles. The molecule has 14 heavy (non-hydrogen) atoms. The number of carbonyl (C=O) groups excluding carboxylic acids is 1. The summed E-state index contributed by atoms with van der Waals surface area (Å²) < 4.78 is 0. The highest BCUT2D eigenvalue weighted by Crippen LogP contribution is 2.10. The first-order valence-electron chi connectivity index (χ1n) is 5.24. The van der Waals surface area contributed by atoms with Gasteiger partial charge in [-0.1, -0.05) is 0 Å². The van der Waals surface area contributed by atoms with Crippen molar-refractivity contribution in [3.05, 3.63) is 0 Å². The predicted molar refractivity (Wildman–Crippen MR) is 55.0 cm³/mol. The number of hydrogen-bond donors (Lipinski definition) is 1. The smallest absolute Gasteiger partial charge is 0.237 e. The van der Waals surface area contributed by atoms with E-state index in [0.717, 1.165) is 13.1 Å². The molecule has 1 heterocycles. The van der Waals surface area contributed by atoms with Gasteiger partial charge < -0.3 is 10.0 Å². The van der Waals surface area contributed by atoms with Gasteiger partial charge in [0.2, 0.25) is 5.91 Å². The highest BCUT2D eigenvalue weighted by molar-refractivity contribution is 5.79. The summed E-state index contributed by atoms with van der Waals surface area (Å²) in [5.74, 6) is 0.173. The zero-order chi connectivity index (χ0) is 10.7. The Hall–Kier alpha value is -0.610. The summed E-state index contributed by atoms with van der Waals surface area (Å²) in [6.07, 6.45) is -0.358. The molecule has 0 radical (unpaired) electrons. The van der Waals surface area contributed by atoms with Crippen LogP contribution in [0, 0.1) is 0 Å². The Labute approximate surface area is 85.5 Å². The molecule has 1 rings (SSSR count). The number of rotatable bonds is 3. The Morgan fingerprint density at radius 3 is 2.71 bits per heavy atom. The van der Waals surface area contributed by atoms with Gasteiger partial charge in [0, 0.05) is 25.7 Å². The Kier molecular flexibility index (Phi) is 3.89. The summed E-state index contributed by atoms with van der Waals surface area (Å²) in [5.41, 5.74) is 0. The van der Waals surface area contributed by atoms with E-state index in [1.807, 2.05) is 16.7 Å². The van der Waals surface area contributed by atoms with E-state index in [4.69, 9.17) is 0 Å². The Morgan fingerprint density at radius 1 is 1.64 bits per heavy atom. The number of piperazine rings is 1. The average molecular weight is 200 g/mol. The second-order valence-corrected chi connectivity index (χ2v) is 4.07. The van der Waals surface area contributed by atoms with Crippen LogP contribution in [-0.4, -0.2) is 59.1 Å². The van der Waals surface area contributed by atoms with Crippen LogP contribution in [-0.2, 0) is 4.79 Å². The van der Waals surface area contributed by atoms with Gasteiger partial charge in [0.15, 0.2) is 0 Å². The normalized spacial score (nSPS) is 26.7. The van der Waals surface area contributed by atoms with Crippen molar-refractivity contribution in [3.8, 4) is 0 Å². The molecular weight excluding hydrogens is 180 g/mol. The molecule has 1 N–H and O–H groups in total. The van der Waals surface area contributed by atoms with Crippen molar-refractivity contribution in [2.24, 2.45) is 0 Å². The van der Waals surface area contributed by atoms with Gasteiger partial charge >= 0.3 is 0 Å². The van der Waals surface area contributed by atoms with Crippen LogP contribution < -0.4 is 0 Å². The molecule has 1 amide bonds. The fourth-order valence-corrected chi connectivity index (χ4v) is 2.07. The third-order valence-electron chi connectivity index (χ3n) is 2.60. The van der Waals surface area contributed by atoms with Gasteiger partial charge in [-0.25, -0.2) is 0 Å². The van der Waals surface area contributed by atoms with Crippen molar-refractivity contribution in [2.45, 2.75) is 32.9 Å². The number of likely N-dealkylation sites (N-methyl/N-ethyl adjacent to an activating group) is 1. The Balaban J connectivity index is 2.52. The zero-order valence-electron chi connectivity index (χ0n) is 9.23. The summed E-state index contributed by atoms with van der Waals surface area (Å²) in [6, 6.07) is 0.264. The average Bonchev–Trinajstić information content (AvgIpc) is 2.01. The van der Waals surface area contributed by atoms with Gasteiger partial charge in [-0.15, -0.1) is 0 Å². The van der Waals surface area contributed by atoms with Crippen molar-refractivity contribution in [1.82, 2.24) is 9.80 Å². The van der Waals surface area contributed by atoms with Crippen LogP contribution in [0.3, 0.4) is 0 Å². The highest BCUT2D eigenvalue weighted by Gasteiger charge is 2.28. The second kappa shape index (κ2) is 4.75. The highest BCUT2D eigenvalue weighted by atomic mass is 16.3. The van der Waals surface area contributed by atoms with Crippen molar-refractivity contribution in [1.29, 1.82) is 0 Å². The molecule has 0 bridgehead atoms. The molecule has 4 nitrogen and oxygen atoms in total. The number of aliphatic hydroxyl groups excluding tert-OH is 1. The Bertz CT molecular complexity index is 206. The topological polar surface area (TPSA) is 43.8 Å². The van der Waals surface area contributed by atoms with Gasteiger partial charge in [0.05, 0.1) is 12.6 Å². The van der Waals surface area contributed by atoms with Crippen LogP contribution in [0.5, 0.6) is 0 Å². The molecule has 0 aromatic rings. The summed E-state index contributed by atoms with van der Waals surface area (Å²) in [6.45, 7) is 8.49. The van der Waals surface area contributed by atoms with Crippen LogP contribution in [0.15, 0.2) is 0 Å². The first kappa shape index (κ1) is 11.5. The summed E-state index contributed by atoms with van der Waals surface area (Å²) in [4.78, 5) is 15.5. The van der Waals surface area contributed by atoms with Gasteiger partial charge in [-0.2, -0.15) is 0 Å². The fraction of sp³-hybridized carbons (Fsp3) is 0.900. The molecule has 2 unspecified atom stereocenters. The molecule has 0 aromatic heterocycles. The minimum Gasteiger partial charge on any atom is -0.392 e. The maximum atomic E-state index is 11.6. The number of amides is 1. The molecular formula is C10H20N2O2. The van der Waals surface area contributed by atoms with Crippen molar-refractivity contribution < 1.29 is 9.90 Å². The SMILES string of the molecule is CCN1C(=O)CN(CC(C)O)CC1C. The molecule has 1 fully saturated rings. The van der Waals surface area contributed by atoms with Crippen LogP contribution in [0.1, 0.15) is 20.8 Å². The minimum absolute atomic E-state index is 0.173. The lowest BCUT2D eigenvalue weighted by atomic mass is 10.1. The molecule has 1 aliphatic heterocycles. The molecule has 0 spiro atoms.